The predicted molar refractivity (Wildman–Crippen MR) is 117 cm³/mol. The van der Waals surface area contributed by atoms with Crippen molar-refractivity contribution in [3.8, 4) is 11.3 Å². The van der Waals surface area contributed by atoms with Gasteiger partial charge in [-0.1, -0.05) is 0 Å². The van der Waals surface area contributed by atoms with Crippen LogP contribution in [0.2, 0.25) is 0 Å². The molecule has 0 unspecified atom stereocenters. The van der Waals surface area contributed by atoms with Gasteiger partial charge in [0.2, 0.25) is 0 Å². The fraction of sp³-hybridized carbons (Fsp3) is 0.435. The van der Waals surface area contributed by atoms with E-state index in [0.717, 1.165) is 25.1 Å². The number of alkyl carbamates (subject to hydrolysis) is 1. The van der Waals surface area contributed by atoms with Crippen LogP contribution in [0.15, 0.2) is 43.0 Å². The van der Waals surface area contributed by atoms with Crippen LogP contribution in [-0.4, -0.2) is 43.9 Å². The minimum absolute atomic E-state index is 0.0684. The van der Waals surface area contributed by atoms with Gasteiger partial charge in [0.25, 0.3) is 0 Å². The van der Waals surface area contributed by atoms with Gasteiger partial charge >= 0.3 is 6.09 Å². The number of hydrogen-bond acceptors (Lipinski definition) is 7. The molecular formula is C23H26FN7O2. The average Bonchev–Trinajstić information content (AvgIpc) is 3.53. The molecule has 0 spiro atoms. The van der Waals surface area contributed by atoms with Crippen LogP contribution in [-0.2, 0) is 18.4 Å². The van der Waals surface area contributed by atoms with Crippen LogP contribution in [0.1, 0.15) is 30.4 Å². The Labute approximate surface area is 190 Å². The third kappa shape index (κ3) is 4.56. The standard InChI is InChI=1S/C23H26FN7O2/c1-31-20(28-13-29-31)12-33-23(32)27-9-14-7-16-11-26-22(17(16)8-14)19-5-4-18(24)21(30-19)15-3-2-6-25-10-15/h2-6,10,13-14,16-17,22,26H,7-9,11-12H2,1H3,(H,27,32)/t14-,16+,17-,22-/m0/s1. The second-order valence-corrected chi connectivity index (χ2v) is 8.71. The Morgan fingerprint density at radius 1 is 1.33 bits per heavy atom. The largest absolute Gasteiger partial charge is 0.441 e. The van der Waals surface area contributed by atoms with E-state index in [9.17, 15) is 9.18 Å². The molecule has 4 heterocycles. The van der Waals surface area contributed by atoms with Gasteiger partial charge in [-0.2, -0.15) is 5.10 Å². The lowest BCUT2D eigenvalue weighted by Crippen LogP contribution is -2.30. The first kappa shape index (κ1) is 21.4. The van der Waals surface area contributed by atoms with Crippen molar-refractivity contribution in [2.75, 3.05) is 13.1 Å². The molecular weight excluding hydrogens is 425 g/mol. The van der Waals surface area contributed by atoms with Crippen LogP contribution in [0.5, 0.6) is 0 Å². The van der Waals surface area contributed by atoms with E-state index < -0.39 is 6.09 Å². The second kappa shape index (κ2) is 9.22. The normalized spacial score (nSPS) is 23.9. The Hall–Kier alpha value is -3.40. The molecule has 2 fully saturated rings. The molecule has 33 heavy (non-hydrogen) atoms. The number of halogens is 1. The minimum atomic E-state index is -0.453. The zero-order valence-corrected chi connectivity index (χ0v) is 18.3. The van der Waals surface area contributed by atoms with Crippen molar-refractivity contribution < 1.29 is 13.9 Å². The van der Waals surface area contributed by atoms with E-state index in [1.165, 1.54) is 12.4 Å². The highest BCUT2D eigenvalue weighted by molar-refractivity contribution is 5.67. The molecule has 0 bridgehead atoms. The number of nitrogens with one attached hydrogen (secondary N) is 2. The Balaban J connectivity index is 1.18. The van der Waals surface area contributed by atoms with Gasteiger partial charge < -0.3 is 15.4 Å². The first-order valence-corrected chi connectivity index (χ1v) is 11.1. The number of amides is 1. The summed E-state index contributed by atoms with van der Waals surface area (Å²) in [6.45, 7) is 1.54. The molecule has 9 nitrogen and oxygen atoms in total. The van der Waals surface area contributed by atoms with Gasteiger partial charge in [-0.05, 0) is 61.4 Å². The Bertz CT molecular complexity index is 1120. The third-order valence-corrected chi connectivity index (χ3v) is 6.67. The average molecular weight is 452 g/mol. The van der Waals surface area contributed by atoms with E-state index in [1.807, 2.05) is 6.07 Å². The topological polar surface area (TPSA) is 107 Å². The van der Waals surface area contributed by atoms with Crippen molar-refractivity contribution in [3.05, 3.63) is 60.3 Å². The van der Waals surface area contributed by atoms with Gasteiger partial charge in [0.1, 0.15) is 17.8 Å². The number of nitrogens with zero attached hydrogens (tertiary/aromatic N) is 5. The van der Waals surface area contributed by atoms with Crippen molar-refractivity contribution >= 4 is 6.09 Å². The molecule has 0 radical (unpaired) electrons. The maximum absolute atomic E-state index is 14.5. The van der Waals surface area contributed by atoms with E-state index in [0.29, 0.717) is 41.4 Å². The number of carbonyl (C=O) groups is 1. The Morgan fingerprint density at radius 3 is 3.03 bits per heavy atom. The molecule has 1 aliphatic carbocycles. The molecule has 1 saturated heterocycles. The van der Waals surface area contributed by atoms with Crippen LogP contribution in [0.3, 0.4) is 0 Å². The highest BCUT2D eigenvalue weighted by atomic mass is 19.1. The Kier molecular flexibility index (Phi) is 5.99. The van der Waals surface area contributed by atoms with Gasteiger partial charge in [0, 0.05) is 31.5 Å². The van der Waals surface area contributed by atoms with E-state index in [1.54, 1.807) is 36.3 Å². The highest BCUT2D eigenvalue weighted by Crippen LogP contribution is 2.46. The van der Waals surface area contributed by atoms with Crippen LogP contribution >= 0.6 is 0 Å². The SMILES string of the molecule is Cn1ncnc1COC(=O)NC[C@H]1C[C@@H]2CN[C@H](c3ccc(F)c(-c4cccnc4)n3)[C@H]2C1. The molecule has 1 saturated carbocycles. The molecule has 1 amide bonds. The number of pyridine rings is 2. The smallest absolute Gasteiger partial charge is 0.407 e. The number of ether oxygens (including phenoxy) is 1. The summed E-state index contributed by atoms with van der Waals surface area (Å²) in [5.41, 5.74) is 1.84. The summed E-state index contributed by atoms with van der Waals surface area (Å²) in [7, 11) is 1.75. The first-order valence-electron chi connectivity index (χ1n) is 11.1. The lowest BCUT2D eigenvalue weighted by atomic mass is 9.91. The molecule has 2 N–H and O–H groups in total. The lowest BCUT2D eigenvalue weighted by molar-refractivity contribution is 0.133. The summed E-state index contributed by atoms with van der Waals surface area (Å²) in [6, 6.07) is 6.91. The summed E-state index contributed by atoms with van der Waals surface area (Å²) in [6.07, 6.45) is 6.24. The van der Waals surface area contributed by atoms with Gasteiger partial charge in [-0.3, -0.25) is 9.67 Å². The summed E-state index contributed by atoms with van der Waals surface area (Å²) in [4.78, 5) is 24.9. The number of fused-ring (bicyclic) bond motifs is 1. The molecule has 1 aliphatic heterocycles. The number of aromatic nitrogens is 5. The molecule has 10 heteroatoms. The summed E-state index contributed by atoms with van der Waals surface area (Å²) in [5.74, 6) is 1.50. The number of hydrogen-bond donors (Lipinski definition) is 2. The van der Waals surface area contributed by atoms with Crippen molar-refractivity contribution in [2.24, 2.45) is 24.8 Å². The number of aryl methyl sites for hydroxylation is 1. The van der Waals surface area contributed by atoms with E-state index in [2.05, 4.69) is 30.7 Å². The van der Waals surface area contributed by atoms with Crippen molar-refractivity contribution in [1.29, 1.82) is 0 Å². The molecule has 2 aliphatic rings. The summed E-state index contributed by atoms with van der Waals surface area (Å²) < 4.78 is 21.3. The van der Waals surface area contributed by atoms with Crippen molar-refractivity contribution in [3.63, 3.8) is 0 Å². The lowest BCUT2D eigenvalue weighted by Gasteiger charge is -2.20. The van der Waals surface area contributed by atoms with E-state index in [-0.39, 0.29) is 18.5 Å². The first-order chi connectivity index (χ1) is 16.1. The maximum Gasteiger partial charge on any atom is 0.407 e. The van der Waals surface area contributed by atoms with Crippen LogP contribution in [0.4, 0.5) is 9.18 Å². The fourth-order valence-corrected chi connectivity index (χ4v) is 5.04. The number of rotatable bonds is 6. The van der Waals surface area contributed by atoms with E-state index >= 15 is 0 Å². The molecule has 0 aromatic carbocycles. The molecule has 3 aromatic heterocycles. The predicted octanol–water partition coefficient (Wildman–Crippen LogP) is 2.62. The van der Waals surface area contributed by atoms with Crippen LogP contribution < -0.4 is 10.6 Å². The van der Waals surface area contributed by atoms with Crippen molar-refractivity contribution in [2.45, 2.75) is 25.5 Å². The van der Waals surface area contributed by atoms with E-state index in [4.69, 9.17) is 4.74 Å². The zero-order chi connectivity index (χ0) is 22.8. The molecule has 4 atom stereocenters. The maximum atomic E-state index is 14.5. The quantitative estimate of drug-likeness (QED) is 0.593. The van der Waals surface area contributed by atoms with Gasteiger partial charge in [-0.25, -0.2) is 19.2 Å². The van der Waals surface area contributed by atoms with Crippen LogP contribution in [0, 0.1) is 23.6 Å². The third-order valence-electron chi connectivity index (χ3n) is 6.67. The highest BCUT2D eigenvalue weighted by Gasteiger charge is 2.44. The molecule has 3 aromatic rings. The van der Waals surface area contributed by atoms with Gasteiger partial charge in [-0.15, -0.1) is 0 Å². The summed E-state index contributed by atoms with van der Waals surface area (Å²) in [5, 5.41) is 10.4. The van der Waals surface area contributed by atoms with Gasteiger partial charge in [0.05, 0.1) is 11.7 Å². The Morgan fingerprint density at radius 2 is 2.24 bits per heavy atom. The molecule has 5 rings (SSSR count). The minimum Gasteiger partial charge on any atom is -0.441 e. The number of carbonyl (C=O) groups excluding carboxylic acids is 1. The van der Waals surface area contributed by atoms with Gasteiger partial charge in [0.15, 0.2) is 12.4 Å². The van der Waals surface area contributed by atoms with Crippen molar-refractivity contribution in [1.82, 2.24) is 35.4 Å². The second-order valence-electron chi connectivity index (χ2n) is 8.71. The monoisotopic (exact) mass is 451 g/mol. The summed E-state index contributed by atoms with van der Waals surface area (Å²) >= 11 is 0. The van der Waals surface area contributed by atoms with Crippen LogP contribution in [0.25, 0.3) is 11.3 Å². The fourth-order valence-electron chi connectivity index (χ4n) is 5.04. The molecule has 172 valence electrons. The zero-order valence-electron chi connectivity index (χ0n) is 18.3.